The van der Waals surface area contributed by atoms with E-state index in [1.807, 2.05) is 53.4 Å². The van der Waals surface area contributed by atoms with E-state index < -0.39 is 0 Å². The van der Waals surface area contributed by atoms with E-state index >= 15 is 0 Å². The van der Waals surface area contributed by atoms with Gasteiger partial charge in [0.2, 0.25) is 0 Å². The summed E-state index contributed by atoms with van der Waals surface area (Å²) in [6.07, 6.45) is 3.59. The molecule has 27 heavy (non-hydrogen) atoms. The van der Waals surface area contributed by atoms with Gasteiger partial charge in [-0.2, -0.15) is 0 Å². The first kappa shape index (κ1) is 16.1. The summed E-state index contributed by atoms with van der Waals surface area (Å²) in [5.74, 6) is 1.52. The van der Waals surface area contributed by atoms with Crippen LogP contribution in [0, 0.1) is 0 Å². The molecular formula is C22H20N2O3. The number of para-hydroxylation sites is 1. The quantitative estimate of drug-likeness (QED) is 0.694. The normalized spacial score (nSPS) is 18.7. The van der Waals surface area contributed by atoms with Crippen LogP contribution < -0.4 is 9.47 Å². The maximum Gasteiger partial charge on any atom is 0.273 e. The van der Waals surface area contributed by atoms with E-state index in [2.05, 4.69) is 4.98 Å². The Balaban J connectivity index is 1.54. The lowest BCUT2D eigenvalue weighted by molar-refractivity contribution is 0.0727. The predicted octanol–water partition coefficient (Wildman–Crippen LogP) is 3.98. The van der Waals surface area contributed by atoms with Gasteiger partial charge in [0.25, 0.3) is 5.91 Å². The lowest BCUT2D eigenvalue weighted by atomic mass is 10.0. The average molecular weight is 360 g/mol. The Morgan fingerprint density at radius 3 is 2.89 bits per heavy atom. The lowest BCUT2D eigenvalue weighted by Gasteiger charge is -2.29. The van der Waals surface area contributed by atoms with E-state index in [4.69, 9.17) is 9.47 Å². The van der Waals surface area contributed by atoms with Crippen LogP contribution in [-0.2, 0) is 0 Å². The molecule has 3 aromatic rings. The molecule has 1 fully saturated rings. The number of amides is 1. The maximum atomic E-state index is 13.4. The minimum Gasteiger partial charge on any atom is -0.486 e. The van der Waals surface area contributed by atoms with Gasteiger partial charge in [0.05, 0.1) is 6.04 Å². The second kappa shape index (κ2) is 6.58. The highest BCUT2D eigenvalue weighted by Crippen LogP contribution is 2.43. The molecule has 0 spiro atoms. The van der Waals surface area contributed by atoms with Crippen LogP contribution in [-0.4, -0.2) is 35.5 Å². The first-order valence-electron chi connectivity index (χ1n) is 9.36. The first-order chi connectivity index (χ1) is 13.3. The molecule has 0 aliphatic carbocycles. The van der Waals surface area contributed by atoms with E-state index in [1.165, 1.54) is 0 Å². The third kappa shape index (κ3) is 2.70. The molecule has 1 amide bonds. The maximum absolute atomic E-state index is 13.4. The third-order valence-electron chi connectivity index (χ3n) is 5.35. The van der Waals surface area contributed by atoms with Crippen LogP contribution in [0.1, 0.15) is 34.9 Å². The molecule has 0 bridgehead atoms. The smallest absolute Gasteiger partial charge is 0.273 e. The molecule has 2 aliphatic heterocycles. The Morgan fingerprint density at radius 1 is 1.04 bits per heavy atom. The Kier molecular flexibility index (Phi) is 3.93. The zero-order valence-electron chi connectivity index (χ0n) is 14.9. The van der Waals surface area contributed by atoms with Crippen molar-refractivity contribution < 1.29 is 14.3 Å². The number of benzene rings is 2. The molecule has 3 heterocycles. The summed E-state index contributed by atoms with van der Waals surface area (Å²) in [6, 6.07) is 15.7. The van der Waals surface area contributed by atoms with Crippen molar-refractivity contribution in [3.05, 3.63) is 66.0 Å². The van der Waals surface area contributed by atoms with Crippen LogP contribution in [0.2, 0.25) is 0 Å². The fourth-order valence-electron chi connectivity index (χ4n) is 4.12. The number of likely N-dealkylation sites (tertiary alicyclic amines) is 1. The van der Waals surface area contributed by atoms with Gasteiger partial charge in [0.1, 0.15) is 18.9 Å². The summed E-state index contributed by atoms with van der Waals surface area (Å²) in [6.45, 7) is 1.82. The SMILES string of the molecule is O=C(c1nccc2ccccc12)N1CCCC1c1cccc2c1OCCO2. The van der Waals surface area contributed by atoms with Gasteiger partial charge >= 0.3 is 0 Å². The molecule has 5 heteroatoms. The highest BCUT2D eigenvalue weighted by molar-refractivity contribution is 6.05. The molecular weight excluding hydrogens is 340 g/mol. The monoisotopic (exact) mass is 360 g/mol. The largest absolute Gasteiger partial charge is 0.486 e. The number of hydrogen-bond donors (Lipinski definition) is 0. The molecule has 136 valence electrons. The number of carbonyl (C=O) groups is 1. The third-order valence-corrected chi connectivity index (χ3v) is 5.35. The number of ether oxygens (including phenoxy) is 2. The molecule has 1 aromatic heterocycles. The minimum absolute atomic E-state index is 0.0186. The highest BCUT2D eigenvalue weighted by Gasteiger charge is 2.34. The number of nitrogens with zero attached hydrogens (tertiary/aromatic N) is 2. The van der Waals surface area contributed by atoms with E-state index in [-0.39, 0.29) is 11.9 Å². The van der Waals surface area contributed by atoms with Crippen molar-refractivity contribution >= 4 is 16.7 Å². The van der Waals surface area contributed by atoms with Gasteiger partial charge in [0.15, 0.2) is 11.5 Å². The molecule has 2 aliphatic rings. The molecule has 2 aromatic carbocycles. The van der Waals surface area contributed by atoms with Gasteiger partial charge in [0, 0.05) is 23.7 Å². The fourth-order valence-corrected chi connectivity index (χ4v) is 4.12. The molecule has 5 rings (SSSR count). The van der Waals surface area contributed by atoms with Crippen molar-refractivity contribution in [3.8, 4) is 11.5 Å². The van der Waals surface area contributed by atoms with Crippen molar-refractivity contribution in [2.45, 2.75) is 18.9 Å². The molecule has 5 nitrogen and oxygen atoms in total. The number of carbonyl (C=O) groups excluding carboxylic acids is 1. The van der Waals surface area contributed by atoms with Crippen LogP contribution in [0.4, 0.5) is 0 Å². The molecule has 0 saturated carbocycles. The number of aromatic nitrogens is 1. The Hall–Kier alpha value is -3.08. The van der Waals surface area contributed by atoms with Crippen molar-refractivity contribution in [1.29, 1.82) is 0 Å². The minimum atomic E-state index is -0.0244. The Labute approximate surface area is 157 Å². The van der Waals surface area contributed by atoms with Crippen molar-refractivity contribution in [3.63, 3.8) is 0 Å². The molecule has 1 unspecified atom stereocenters. The van der Waals surface area contributed by atoms with E-state index in [9.17, 15) is 4.79 Å². The standard InChI is InChI=1S/C22H20N2O3/c25-22(20-16-6-2-1-5-15(16)10-11-23-20)24-12-4-8-18(24)17-7-3-9-19-21(17)27-14-13-26-19/h1-3,5-7,9-11,18H,4,8,12-14H2. The van der Waals surface area contributed by atoms with E-state index in [0.29, 0.717) is 18.9 Å². The van der Waals surface area contributed by atoms with E-state index in [1.54, 1.807) is 6.20 Å². The highest BCUT2D eigenvalue weighted by atomic mass is 16.6. The second-order valence-electron chi connectivity index (χ2n) is 6.91. The summed E-state index contributed by atoms with van der Waals surface area (Å²) in [5.41, 5.74) is 1.54. The average Bonchev–Trinajstić information content (AvgIpc) is 3.22. The molecule has 1 atom stereocenters. The van der Waals surface area contributed by atoms with E-state index in [0.717, 1.165) is 47.2 Å². The number of hydrogen-bond acceptors (Lipinski definition) is 4. The van der Waals surface area contributed by atoms with Gasteiger partial charge < -0.3 is 14.4 Å². The molecule has 1 saturated heterocycles. The molecule has 0 radical (unpaired) electrons. The van der Waals surface area contributed by atoms with Gasteiger partial charge in [-0.05, 0) is 30.4 Å². The zero-order valence-corrected chi connectivity index (χ0v) is 14.9. The van der Waals surface area contributed by atoms with Crippen LogP contribution in [0.3, 0.4) is 0 Å². The van der Waals surface area contributed by atoms with Crippen LogP contribution in [0.5, 0.6) is 11.5 Å². The fraction of sp³-hybridized carbons (Fsp3) is 0.273. The summed E-state index contributed by atoms with van der Waals surface area (Å²) < 4.78 is 11.6. The Bertz CT molecular complexity index is 1010. The van der Waals surface area contributed by atoms with Crippen molar-refractivity contribution in [2.75, 3.05) is 19.8 Å². The van der Waals surface area contributed by atoms with Crippen LogP contribution in [0.15, 0.2) is 54.7 Å². The molecule has 0 N–H and O–H groups in total. The summed E-state index contributed by atoms with van der Waals surface area (Å²) in [4.78, 5) is 19.8. The van der Waals surface area contributed by atoms with Crippen molar-refractivity contribution in [2.24, 2.45) is 0 Å². The van der Waals surface area contributed by atoms with Crippen molar-refractivity contribution in [1.82, 2.24) is 9.88 Å². The predicted molar refractivity (Wildman–Crippen MR) is 102 cm³/mol. The first-order valence-corrected chi connectivity index (χ1v) is 9.36. The van der Waals surface area contributed by atoms with Gasteiger partial charge in [-0.1, -0.05) is 36.4 Å². The number of fused-ring (bicyclic) bond motifs is 2. The Morgan fingerprint density at radius 2 is 1.93 bits per heavy atom. The zero-order chi connectivity index (χ0) is 18.2. The summed E-state index contributed by atoms with van der Waals surface area (Å²) in [7, 11) is 0. The van der Waals surface area contributed by atoms with Gasteiger partial charge in [-0.25, -0.2) is 0 Å². The van der Waals surface area contributed by atoms with Gasteiger partial charge in [-0.15, -0.1) is 0 Å². The summed E-state index contributed by atoms with van der Waals surface area (Å²) in [5, 5.41) is 1.92. The number of rotatable bonds is 2. The van der Waals surface area contributed by atoms with Gasteiger partial charge in [-0.3, -0.25) is 9.78 Å². The topological polar surface area (TPSA) is 51.7 Å². The summed E-state index contributed by atoms with van der Waals surface area (Å²) >= 11 is 0. The lowest BCUT2D eigenvalue weighted by Crippen LogP contribution is -2.32. The number of pyridine rings is 1. The van der Waals surface area contributed by atoms with Crippen LogP contribution >= 0.6 is 0 Å². The second-order valence-corrected chi connectivity index (χ2v) is 6.91. The van der Waals surface area contributed by atoms with Crippen LogP contribution in [0.25, 0.3) is 10.8 Å².